The molecule has 0 aliphatic heterocycles. The average molecular weight is 276 g/mol. The van der Waals surface area contributed by atoms with E-state index >= 15 is 0 Å². The Morgan fingerprint density at radius 2 is 2.21 bits per heavy atom. The van der Waals surface area contributed by atoms with Gasteiger partial charge in [0.1, 0.15) is 5.01 Å². The third-order valence-electron chi connectivity index (χ3n) is 2.85. The lowest BCUT2D eigenvalue weighted by molar-refractivity contribution is 0.0695. The van der Waals surface area contributed by atoms with E-state index in [0.29, 0.717) is 12.1 Å². The van der Waals surface area contributed by atoms with Gasteiger partial charge in [0.2, 0.25) is 0 Å². The highest BCUT2D eigenvalue weighted by molar-refractivity contribution is 7.09. The molecule has 1 unspecified atom stereocenters. The lowest BCUT2D eigenvalue weighted by Crippen LogP contribution is -2.19. The van der Waals surface area contributed by atoms with Crippen LogP contribution in [0.25, 0.3) is 0 Å². The normalized spacial score (nSPS) is 12.3. The van der Waals surface area contributed by atoms with E-state index in [1.165, 1.54) is 0 Å². The molecule has 5 heteroatoms. The number of benzene rings is 1. The minimum Gasteiger partial charge on any atom is -0.478 e. The number of thiazole rings is 1. The summed E-state index contributed by atoms with van der Waals surface area (Å²) < 4.78 is 0. The van der Waals surface area contributed by atoms with E-state index in [-0.39, 0.29) is 6.04 Å². The van der Waals surface area contributed by atoms with Crippen molar-refractivity contribution in [1.82, 2.24) is 10.3 Å². The Bertz CT molecular complexity index is 580. The van der Waals surface area contributed by atoms with Gasteiger partial charge in [0, 0.05) is 17.6 Å². The summed E-state index contributed by atoms with van der Waals surface area (Å²) in [6, 6.07) is 7.15. The number of aryl methyl sites for hydroxylation is 1. The Balaban J connectivity index is 2.05. The first-order chi connectivity index (χ1) is 9.08. The molecule has 2 rings (SSSR count). The smallest absolute Gasteiger partial charge is 0.336 e. The first-order valence-corrected chi connectivity index (χ1v) is 6.92. The van der Waals surface area contributed by atoms with Crippen molar-refractivity contribution in [3.63, 3.8) is 0 Å². The van der Waals surface area contributed by atoms with Gasteiger partial charge in [-0.05, 0) is 25.5 Å². The zero-order valence-corrected chi connectivity index (χ0v) is 11.7. The third kappa shape index (κ3) is 3.39. The van der Waals surface area contributed by atoms with Gasteiger partial charge in [-0.15, -0.1) is 11.3 Å². The predicted octanol–water partition coefficient (Wildman–Crippen LogP) is 3.00. The van der Waals surface area contributed by atoms with Gasteiger partial charge in [0.15, 0.2) is 0 Å². The second-order valence-corrected chi connectivity index (χ2v) is 5.28. The van der Waals surface area contributed by atoms with Gasteiger partial charge in [0.25, 0.3) is 0 Å². The van der Waals surface area contributed by atoms with Gasteiger partial charge in [-0.25, -0.2) is 9.78 Å². The van der Waals surface area contributed by atoms with Crippen LogP contribution in [-0.2, 0) is 6.54 Å². The third-order valence-corrected chi connectivity index (χ3v) is 4.00. The number of carbonyl (C=O) groups is 1. The molecule has 100 valence electrons. The molecule has 0 aliphatic rings. The Kier molecular flexibility index (Phi) is 4.29. The molecule has 0 amide bonds. The number of nitrogens with zero attached hydrogens (tertiary/aromatic N) is 1. The zero-order valence-electron chi connectivity index (χ0n) is 10.9. The summed E-state index contributed by atoms with van der Waals surface area (Å²) in [5, 5.41) is 15.5. The molecule has 1 heterocycles. The molecule has 19 heavy (non-hydrogen) atoms. The highest BCUT2D eigenvalue weighted by atomic mass is 32.1. The zero-order chi connectivity index (χ0) is 13.8. The van der Waals surface area contributed by atoms with Gasteiger partial charge in [-0.2, -0.15) is 0 Å². The fourth-order valence-electron chi connectivity index (χ4n) is 1.80. The van der Waals surface area contributed by atoms with Crippen molar-refractivity contribution in [2.75, 3.05) is 0 Å². The van der Waals surface area contributed by atoms with E-state index in [1.54, 1.807) is 23.5 Å². The van der Waals surface area contributed by atoms with Crippen molar-refractivity contribution in [2.24, 2.45) is 0 Å². The fourth-order valence-corrected chi connectivity index (χ4v) is 2.63. The molecule has 0 saturated carbocycles. The molecular weight excluding hydrogens is 260 g/mol. The Hall–Kier alpha value is -1.72. The molecule has 1 atom stereocenters. The molecule has 0 spiro atoms. The highest BCUT2D eigenvalue weighted by Gasteiger charge is 2.12. The second kappa shape index (κ2) is 5.95. The number of rotatable bonds is 5. The van der Waals surface area contributed by atoms with Gasteiger partial charge in [-0.1, -0.05) is 18.2 Å². The first kappa shape index (κ1) is 13.7. The summed E-state index contributed by atoms with van der Waals surface area (Å²) in [6.45, 7) is 4.51. The van der Waals surface area contributed by atoms with Crippen LogP contribution in [0, 0.1) is 6.92 Å². The van der Waals surface area contributed by atoms with Gasteiger partial charge in [0.05, 0.1) is 11.6 Å². The molecule has 4 nitrogen and oxygen atoms in total. The van der Waals surface area contributed by atoms with Crippen LogP contribution in [0.5, 0.6) is 0 Å². The van der Waals surface area contributed by atoms with Gasteiger partial charge >= 0.3 is 5.97 Å². The van der Waals surface area contributed by atoms with Crippen molar-refractivity contribution in [3.8, 4) is 0 Å². The summed E-state index contributed by atoms with van der Waals surface area (Å²) in [6.07, 6.45) is 0. The molecule has 1 aromatic carbocycles. The predicted molar refractivity (Wildman–Crippen MR) is 75.5 cm³/mol. The van der Waals surface area contributed by atoms with E-state index in [2.05, 4.69) is 10.3 Å². The maximum absolute atomic E-state index is 11.1. The van der Waals surface area contributed by atoms with Crippen LogP contribution in [0.2, 0.25) is 0 Å². The van der Waals surface area contributed by atoms with Crippen LogP contribution in [0.15, 0.2) is 29.6 Å². The SMILES string of the molecule is Cc1csc(C(C)NCc2ccccc2C(=O)O)n1. The topological polar surface area (TPSA) is 62.2 Å². The number of carboxylic acid groups (broad SMARTS) is 1. The van der Waals surface area contributed by atoms with E-state index < -0.39 is 5.97 Å². The maximum atomic E-state index is 11.1. The largest absolute Gasteiger partial charge is 0.478 e. The lowest BCUT2D eigenvalue weighted by atomic mass is 10.1. The summed E-state index contributed by atoms with van der Waals surface area (Å²) in [5.74, 6) is -0.893. The van der Waals surface area contributed by atoms with Crippen LogP contribution < -0.4 is 5.32 Å². The minimum absolute atomic E-state index is 0.112. The van der Waals surface area contributed by atoms with Crippen molar-refractivity contribution >= 4 is 17.3 Å². The summed E-state index contributed by atoms with van der Waals surface area (Å²) in [4.78, 5) is 15.5. The van der Waals surface area contributed by atoms with Crippen LogP contribution in [0.3, 0.4) is 0 Å². The average Bonchev–Trinajstić information content (AvgIpc) is 2.83. The van der Waals surface area contributed by atoms with E-state index in [0.717, 1.165) is 16.3 Å². The molecule has 0 saturated heterocycles. The molecule has 0 bridgehead atoms. The maximum Gasteiger partial charge on any atom is 0.336 e. The molecule has 2 aromatic rings. The Morgan fingerprint density at radius 1 is 1.47 bits per heavy atom. The molecule has 2 N–H and O–H groups in total. The van der Waals surface area contributed by atoms with Crippen LogP contribution in [-0.4, -0.2) is 16.1 Å². The Morgan fingerprint density at radius 3 is 2.84 bits per heavy atom. The monoisotopic (exact) mass is 276 g/mol. The standard InChI is InChI=1S/C14H16N2O2S/c1-9-8-19-13(16-9)10(2)15-7-11-5-3-4-6-12(11)14(17)18/h3-6,8,10,15H,7H2,1-2H3,(H,17,18). The van der Waals surface area contributed by atoms with Crippen LogP contribution in [0.4, 0.5) is 0 Å². The minimum atomic E-state index is -0.893. The number of hydrogen-bond acceptors (Lipinski definition) is 4. The number of aromatic carboxylic acids is 1. The van der Waals surface area contributed by atoms with Crippen LogP contribution >= 0.6 is 11.3 Å². The summed E-state index contributed by atoms with van der Waals surface area (Å²) in [7, 11) is 0. The quantitative estimate of drug-likeness (QED) is 0.881. The summed E-state index contributed by atoms with van der Waals surface area (Å²) >= 11 is 1.61. The Labute approximate surface area is 116 Å². The molecule has 1 aromatic heterocycles. The van der Waals surface area contributed by atoms with Crippen molar-refractivity contribution in [2.45, 2.75) is 26.4 Å². The molecule has 0 aliphatic carbocycles. The number of nitrogens with one attached hydrogen (secondary N) is 1. The van der Waals surface area contributed by atoms with E-state index in [4.69, 9.17) is 5.11 Å². The fraction of sp³-hybridized carbons (Fsp3) is 0.286. The van der Waals surface area contributed by atoms with Crippen LogP contribution in [0.1, 0.15) is 39.6 Å². The van der Waals surface area contributed by atoms with Gasteiger partial charge < -0.3 is 10.4 Å². The highest BCUT2D eigenvalue weighted by Crippen LogP contribution is 2.18. The second-order valence-electron chi connectivity index (χ2n) is 4.39. The van der Waals surface area contributed by atoms with Gasteiger partial charge in [-0.3, -0.25) is 0 Å². The van der Waals surface area contributed by atoms with E-state index in [1.807, 2.05) is 31.4 Å². The van der Waals surface area contributed by atoms with Crippen molar-refractivity contribution in [3.05, 3.63) is 51.5 Å². The number of carboxylic acids is 1. The first-order valence-electron chi connectivity index (χ1n) is 6.04. The van der Waals surface area contributed by atoms with Crippen molar-refractivity contribution in [1.29, 1.82) is 0 Å². The van der Waals surface area contributed by atoms with Crippen molar-refractivity contribution < 1.29 is 9.90 Å². The number of aromatic nitrogens is 1. The molecule has 0 radical (unpaired) electrons. The molecule has 0 fully saturated rings. The molecular formula is C14H16N2O2S. The number of hydrogen-bond donors (Lipinski definition) is 2. The van der Waals surface area contributed by atoms with E-state index in [9.17, 15) is 4.79 Å². The lowest BCUT2D eigenvalue weighted by Gasteiger charge is -2.12. The summed E-state index contributed by atoms with van der Waals surface area (Å²) in [5.41, 5.74) is 2.15.